The summed E-state index contributed by atoms with van der Waals surface area (Å²) in [6, 6.07) is 0. The molecule has 76 valence electrons. The summed E-state index contributed by atoms with van der Waals surface area (Å²) in [5.74, 6) is -2.43. The summed E-state index contributed by atoms with van der Waals surface area (Å²) in [4.78, 5) is 1.86. The van der Waals surface area contributed by atoms with Gasteiger partial charge in [-0.3, -0.25) is 4.90 Å². The molecule has 0 amide bonds. The zero-order chi connectivity index (χ0) is 9.53. The fourth-order valence-corrected chi connectivity index (χ4v) is 2.57. The number of hydrogen-bond acceptors (Lipinski definition) is 1. The van der Waals surface area contributed by atoms with Gasteiger partial charge >= 0.3 is 0 Å². The SMILES string of the molecule is CCN1CCC2(CCC2)C(F)(F)C1. The van der Waals surface area contributed by atoms with Crippen LogP contribution in [0.25, 0.3) is 0 Å². The van der Waals surface area contributed by atoms with Crippen molar-refractivity contribution < 1.29 is 8.78 Å². The zero-order valence-corrected chi connectivity index (χ0v) is 8.15. The van der Waals surface area contributed by atoms with Crippen molar-refractivity contribution in [3.63, 3.8) is 0 Å². The molecule has 1 aliphatic carbocycles. The van der Waals surface area contributed by atoms with E-state index in [4.69, 9.17) is 0 Å². The Morgan fingerprint density at radius 2 is 1.92 bits per heavy atom. The summed E-state index contributed by atoms with van der Waals surface area (Å²) in [6.45, 7) is 3.57. The Hall–Kier alpha value is -0.180. The lowest BCUT2D eigenvalue weighted by Gasteiger charge is -2.52. The number of likely N-dealkylation sites (tertiary alicyclic amines) is 1. The summed E-state index contributed by atoms with van der Waals surface area (Å²) in [5.41, 5.74) is -0.599. The normalized spacial score (nSPS) is 31.6. The molecule has 0 aromatic carbocycles. The molecule has 1 saturated carbocycles. The largest absolute Gasteiger partial charge is 0.298 e. The van der Waals surface area contributed by atoms with Crippen molar-refractivity contribution in [1.82, 2.24) is 4.90 Å². The average Bonchev–Trinajstić information content (AvgIpc) is 1.99. The Morgan fingerprint density at radius 1 is 1.23 bits per heavy atom. The molecular weight excluding hydrogens is 172 g/mol. The third kappa shape index (κ3) is 1.28. The molecule has 0 N–H and O–H groups in total. The van der Waals surface area contributed by atoms with Crippen molar-refractivity contribution in [2.24, 2.45) is 5.41 Å². The van der Waals surface area contributed by atoms with Gasteiger partial charge in [0, 0.05) is 5.41 Å². The van der Waals surface area contributed by atoms with Gasteiger partial charge in [0.15, 0.2) is 0 Å². The molecule has 1 nitrogen and oxygen atoms in total. The monoisotopic (exact) mass is 189 g/mol. The molecule has 0 aromatic rings. The Balaban J connectivity index is 2.08. The van der Waals surface area contributed by atoms with Crippen molar-refractivity contribution in [3.05, 3.63) is 0 Å². The van der Waals surface area contributed by atoms with Crippen LogP contribution in [0.2, 0.25) is 0 Å². The standard InChI is InChI=1S/C10H17F2N/c1-2-13-7-6-9(4-3-5-9)10(11,12)8-13/h2-8H2,1H3. The van der Waals surface area contributed by atoms with Gasteiger partial charge in [-0.25, -0.2) is 8.78 Å². The van der Waals surface area contributed by atoms with Crippen LogP contribution < -0.4 is 0 Å². The van der Waals surface area contributed by atoms with Crippen molar-refractivity contribution in [3.8, 4) is 0 Å². The predicted molar refractivity (Wildman–Crippen MR) is 48.0 cm³/mol. The van der Waals surface area contributed by atoms with Gasteiger partial charge in [-0.05, 0) is 32.4 Å². The summed E-state index contributed by atoms with van der Waals surface area (Å²) in [7, 11) is 0. The van der Waals surface area contributed by atoms with Crippen LogP contribution >= 0.6 is 0 Å². The number of alkyl halides is 2. The quantitative estimate of drug-likeness (QED) is 0.612. The third-order valence-electron chi connectivity index (χ3n) is 3.86. The minimum Gasteiger partial charge on any atom is -0.298 e. The van der Waals surface area contributed by atoms with Gasteiger partial charge in [0.1, 0.15) is 0 Å². The van der Waals surface area contributed by atoms with Crippen LogP contribution in [0.4, 0.5) is 8.78 Å². The van der Waals surface area contributed by atoms with E-state index >= 15 is 0 Å². The Labute approximate surface area is 78.1 Å². The first-order chi connectivity index (χ1) is 6.10. The first-order valence-electron chi connectivity index (χ1n) is 5.20. The zero-order valence-electron chi connectivity index (χ0n) is 8.15. The van der Waals surface area contributed by atoms with Gasteiger partial charge in [-0.15, -0.1) is 0 Å². The second-order valence-electron chi connectivity index (χ2n) is 4.46. The van der Waals surface area contributed by atoms with Crippen LogP contribution in [0.3, 0.4) is 0 Å². The average molecular weight is 189 g/mol. The highest BCUT2D eigenvalue weighted by Crippen LogP contribution is 2.56. The van der Waals surface area contributed by atoms with Gasteiger partial charge in [0.25, 0.3) is 5.92 Å². The van der Waals surface area contributed by atoms with Crippen LogP contribution in [0.5, 0.6) is 0 Å². The molecule has 2 aliphatic rings. The molecule has 1 heterocycles. The molecule has 0 aromatic heterocycles. The Kier molecular flexibility index (Phi) is 2.10. The molecule has 1 spiro atoms. The fourth-order valence-electron chi connectivity index (χ4n) is 2.57. The molecule has 1 aliphatic heterocycles. The van der Waals surface area contributed by atoms with E-state index in [-0.39, 0.29) is 6.54 Å². The number of hydrogen-bond donors (Lipinski definition) is 0. The number of piperidine rings is 1. The van der Waals surface area contributed by atoms with Crippen LogP contribution in [0, 0.1) is 5.41 Å². The lowest BCUT2D eigenvalue weighted by Crippen LogP contribution is -2.58. The lowest BCUT2D eigenvalue weighted by molar-refractivity contribution is -0.200. The van der Waals surface area contributed by atoms with E-state index in [1.807, 2.05) is 11.8 Å². The van der Waals surface area contributed by atoms with Gasteiger partial charge in [-0.1, -0.05) is 13.3 Å². The molecule has 2 rings (SSSR count). The molecule has 0 atom stereocenters. The van der Waals surface area contributed by atoms with E-state index in [0.29, 0.717) is 6.42 Å². The number of rotatable bonds is 1. The molecule has 0 radical (unpaired) electrons. The number of nitrogens with zero attached hydrogens (tertiary/aromatic N) is 1. The Bertz CT molecular complexity index is 199. The molecule has 0 unspecified atom stereocenters. The molecular formula is C10H17F2N. The van der Waals surface area contributed by atoms with Crippen molar-refractivity contribution >= 4 is 0 Å². The molecule has 2 fully saturated rings. The van der Waals surface area contributed by atoms with E-state index < -0.39 is 11.3 Å². The van der Waals surface area contributed by atoms with Crippen LogP contribution in [0.1, 0.15) is 32.6 Å². The molecule has 13 heavy (non-hydrogen) atoms. The first-order valence-corrected chi connectivity index (χ1v) is 5.20. The van der Waals surface area contributed by atoms with E-state index in [2.05, 4.69) is 0 Å². The van der Waals surface area contributed by atoms with Crippen LogP contribution in [0.15, 0.2) is 0 Å². The second kappa shape index (κ2) is 2.91. The van der Waals surface area contributed by atoms with Crippen LogP contribution in [-0.2, 0) is 0 Å². The van der Waals surface area contributed by atoms with Crippen LogP contribution in [-0.4, -0.2) is 30.5 Å². The fraction of sp³-hybridized carbons (Fsp3) is 1.00. The maximum Gasteiger partial charge on any atom is 0.266 e. The predicted octanol–water partition coefficient (Wildman–Crippen LogP) is 2.52. The van der Waals surface area contributed by atoms with Crippen molar-refractivity contribution in [1.29, 1.82) is 0 Å². The minimum atomic E-state index is -2.43. The second-order valence-corrected chi connectivity index (χ2v) is 4.46. The number of halogens is 2. The maximum atomic E-state index is 13.7. The van der Waals surface area contributed by atoms with Crippen molar-refractivity contribution in [2.45, 2.75) is 38.5 Å². The van der Waals surface area contributed by atoms with Gasteiger partial charge in [-0.2, -0.15) is 0 Å². The summed E-state index contributed by atoms with van der Waals surface area (Å²) < 4.78 is 27.4. The van der Waals surface area contributed by atoms with E-state index in [1.54, 1.807) is 0 Å². The Morgan fingerprint density at radius 3 is 2.31 bits per heavy atom. The van der Waals surface area contributed by atoms with E-state index in [0.717, 1.165) is 32.4 Å². The van der Waals surface area contributed by atoms with Gasteiger partial charge in [0.2, 0.25) is 0 Å². The summed E-state index contributed by atoms with van der Waals surface area (Å²) >= 11 is 0. The molecule has 3 heteroatoms. The first kappa shape index (κ1) is 9.38. The lowest BCUT2D eigenvalue weighted by atomic mass is 9.61. The summed E-state index contributed by atoms with van der Waals surface area (Å²) in [6.07, 6.45) is 3.20. The van der Waals surface area contributed by atoms with Gasteiger partial charge < -0.3 is 0 Å². The third-order valence-corrected chi connectivity index (χ3v) is 3.86. The highest BCUT2D eigenvalue weighted by Gasteiger charge is 2.58. The van der Waals surface area contributed by atoms with E-state index in [9.17, 15) is 8.78 Å². The maximum absolute atomic E-state index is 13.7. The summed E-state index contributed by atoms with van der Waals surface area (Å²) in [5, 5.41) is 0. The molecule has 1 saturated heterocycles. The molecule has 0 bridgehead atoms. The van der Waals surface area contributed by atoms with Gasteiger partial charge in [0.05, 0.1) is 6.54 Å². The van der Waals surface area contributed by atoms with Crippen molar-refractivity contribution in [2.75, 3.05) is 19.6 Å². The minimum absolute atomic E-state index is 0.0104. The highest BCUT2D eigenvalue weighted by atomic mass is 19.3. The highest BCUT2D eigenvalue weighted by molar-refractivity contribution is 5.03. The smallest absolute Gasteiger partial charge is 0.266 e. The van der Waals surface area contributed by atoms with E-state index in [1.165, 1.54) is 0 Å². The topological polar surface area (TPSA) is 3.24 Å².